The van der Waals surface area contributed by atoms with Gasteiger partial charge in [-0.3, -0.25) is 0 Å². The van der Waals surface area contributed by atoms with Gasteiger partial charge in [0.15, 0.2) is 0 Å². The van der Waals surface area contributed by atoms with Gasteiger partial charge in [0, 0.05) is 0 Å². The fourth-order valence-electron chi connectivity index (χ4n) is 2.20. The van der Waals surface area contributed by atoms with Crippen LogP contribution in [0.5, 0.6) is 0 Å². The number of benzene rings is 2. The average Bonchev–Trinajstić information content (AvgIpc) is 2.38. The molecule has 0 unspecified atom stereocenters. The molecule has 0 N–H and O–H groups in total. The maximum atomic E-state index is 5.93. The highest BCUT2D eigenvalue weighted by molar-refractivity contribution is 6.31. The van der Waals surface area contributed by atoms with Gasteiger partial charge in [0.2, 0.25) is 9.76 Å². The van der Waals surface area contributed by atoms with E-state index in [1.54, 1.807) is 0 Å². The Labute approximate surface area is 124 Å². The van der Waals surface area contributed by atoms with Gasteiger partial charge in [0.05, 0.1) is 6.61 Å². The molecule has 0 amide bonds. The van der Waals surface area contributed by atoms with Gasteiger partial charge in [-0.2, -0.15) is 0 Å². The molecule has 2 aromatic carbocycles. The van der Waals surface area contributed by atoms with Crippen LogP contribution in [0.15, 0.2) is 48.5 Å². The molecule has 1 nitrogen and oxygen atoms in total. The zero-order valence-electron chi connectivity index (χ0n) is 12.7. The summed E-state index contributed by atoms with van der Waals surface area (Å²) in [4.78, 5) is 0. The lowest BCUT2D eigenvalue weighted by molar-refractivity contribution is 0.310. The monoisotopic (exact) mass is 282 g/mol. The van der Waals surface area contributed by atoms with Gasteiger partial charge >= 0.3 is 0 Å². The van der Waals surface area contributed by atoms with Crippen molar-refractivity contribution in [1.29, 1.82) is 0 Å². The van der Waals surface area contributed by atoms with E-state index in [9.17, 15) is 0 Å². The Morgan fingerprint density at radius 3 is 2.30 bits per heavy atom. The van der Waals surface area contributed by atoms with E-state index in [1.807, 2.05) is 0 Å². The predicted octanol–water partition coefficient (Wildman–Crippen LogP) is 5.02. The molecule has 2 radical (unpaired) electrons. The molecule has 104 valence electrons. The third-order valence-electron chi connectivity index (χ3n) is 3.03. The van der Waals surface area contributed by atoms with E-state index in [1.165, 1.54) is 22.3 Å². The molecule has 20 heavy (non-hydrogen) atoms. The number of rotatable bonds is 4. The van der Waals surface area contributed by atoms with Crippen molar-refractivity contribution in [3.63, 3.8) is 0 Å². The lowest BCUT2D eigenvalue weighted by Gasteiger charge is -2.18. The van der Waals surface area contributed by atoms with E-state index < -0.39 is 0 Å². The maximum absolute atomic E-state index is 5.93. The highest BCUT2D eigenvalue weighted by Gasteiger charge is 2.14. The Morgan fingerprint density at radius 2 is 1.65 bits per heavy atom. The van der Waals surface area contributed by atoms with Crippen LogP contribution in [0.3, 0.4) is 0 Å². The zero-order chi connectivity index (χ0) is 14.6. The van der Waals surface area contributed by atoms with Crippen molar-refractivity contribution in [3.05, 3.63) is 59.7 Å². The van der Waals surface area contributed by atoms with Gasteiger partial charge in [0.1, 0.15) is 0 Å². The molecule has 0 fully saturated rings. The average molecular weight is 282 g/mol. The summed E-state index contributed by atoms with van der Waals surface area (Å²) in [6.45, 7) is 9.47. The molecule has 0 heterocycles. The summed E-state index contributed by atoms with van der Waals surface area (Å²) >= 11 is 0. The Balaban J connectivity index is 2.24. The molecule has 0 aliphatic rings. The topological polar surface area (TPSA) is 9.23 Å². The second-order valence-electron chi connectivity index (χ2n) is 6.12. The minimum Gasteiger partial charge on any atom is -0.413 e. The van der Waals surface area contributed by atoms with Crippen LogP contribution in [-0.4, -0.2) is 9.76 Å². The van der Waals surface area contributed by atoms with Gasteiger partial charge in [0.25, 0.3) is 0 Å². The fraction of sp³-hybridized carbons (Fsp3) is 0.333. The summed E-state index contributed by atoms with van der Waals surface area (Å²) in [5, 5.41) is 0.233. The number of hydrogen-bond donors (Lipinski definition) is 0. The lowest BCUT2D eigenvalue weighted by atomic mass is 9.95. The van der Waals surface area contributed by atoms with E-state index in [-0.39, 0.29) is 5.04 Å². The summed E-state index contributed by atoms with van der Waals surface area (Å²) in [5.74, 6) is 0. The van der Waals surface area contributed by atoms with Crippen LogP contribution in [0, 0.1) is 6.92 Å². The summed E-state index contributed by atoms with van der Waals surface area (Å²) in [6, 6.07) is 17.0. The fourth-order valence-corrected chi connectivity index (χ4v) is 2.86. The van der Waals surface area contributed by atoms with E-state index >= 15 is 0 Å². The third kappa shape index (κ3) is 4.05. The molecule has 2 heteroatoms. The smallest absolute Gasteiger partial charge is 0.236 e. The molecule has 2 rings (SSSR count). The molecular weight excluding hydrogens is 260 g/mol. The number of hydrogen-bond acceptors (Lipinski definition) is 1. The van der Waals surface area contributed by atoms with Gasteiger partial charge in [-0.25, -0.2) is 0 Å². The van der Waals surface area contributed by atoms with Crippen LogP contribution in [0.25, 0.3) is 11.1 Å². The highest BCUT2D eigenvalue weighted by atomic mass is 28.2. The van der Waals surface area contributed by atoms with Gasteiger partial charge in [-0.15, -0.1) is 0 Å². The molecule has 2 aromatic rings. The Morgan fingerprint density at radius 1 is 0.950 bits per heavy atom. The van der Waals surface area contributed by atoms with Crippen LogP contribution in [0.2, 0.25) is 5.04 Å². The van der Waals surface area contributed by atoms with Crippen LogP contribution < -0.4 is 0 Å². The summed E-state index contributed by atoms with van der Waals surface area (Å²) < 4.78 is 5.93. The van der Waals surface area contributed by atoms with Crippen molar-refractivity contribution < 1.29 is 4.43 Å². The molecule has 0 saturated carbocycles. The number of aryl methyl sites for hydroxylation is 1. The lowest BCUT2D eigenvalue weighted by Crippen LogP contribution is -2.12. The molecule has 0 bridgehead atoms. The van der Waals surface area contributed by atoms with Crippen molar-refractivity contribution in [2.75, 3.05) is 0 Å². The van der Waals surface area contributed by atoms with E-state index in [0.717, 1.165) is 0 Å². The van der Waals surface area contributed by atoms with Crippen molar-refractivity contribution in [1.82, 2.24) is 0 Å². The standard InChI is InChI=1S/C18H22OSi/c1-14-9-8-12-16(13-19-20-18(2,3)4)17(14)15-10-6-5-7-11-15/h5-12H,13H2,1-4H3. The minimum absolute atomic E-state index is 0.233. The first-order chi connectivity index (χ1) is 9.47. The second-order valence-corrected chi connectivity index (χ2v) is 8.11. The highest BCUT2D eigenvalue weighted by Crippen LogP contribution is 2.28. The second kappa shape index (κ2) is 6.38. The molecule has 0 saturated heterocycles. The molecule has 0 spiro atoms. The Hall–Kier alpha value is -1.38. The van der Waals surface area contributed by atoms with Crippen molar-refractivity contribution >= 4 is 9.76 Å². The van der Waals surface area contributed by atoms with Crippen molar-refractivity contribution in [2.24, 2.45) is 0 Å². The normalized spacial score (nSPS) is 11.6. The Kier molecular flexibility index (Phi) is 4.79. The van der Waals surface area contributed by atoms with Crippen LogP contribution in [-0.2, 0) is 11.0 Å². The molecule has 0 atom stereocenters. The SMILES string of the molecule is Cc1cccc(CO[Si]C(C)(C)C)c1-c1ccccc1. The van der Waals surface area contributed by atoms with E-state index in [4.69, 9.17) is 4.43 Å². The van der Waals surface area contributed by atoms with Crippen molar-refractivity contribution in [2.45, 2.75) is 39.3 Å². The first-order valence-corrected chi connectivity index (χ1v) is 7.91. The Bertz CT molecular complexity index is 555. The maximum Gasteiger partial charge on any atom is 0.236 e. The summed E-state index contributed by atoms with van der Waals surface area (Å²) in [6.07, 6.45) is 0. The van der Waals surface area contributed by atoms with E-state index in [0.29, 0.717) is 16.4 Å². The molecular formula is C18H22OSi. The summed E-state index contributed by atoms with van der Waals surface area (Å²) in [5.41, 5.74) is 5.15. The zero-order valence-corrected chi connectivity index (χ0v) is 13.7. The first kappa shape index (κ1) is 15.0. The van der Waals surface area contributed by atoms with Crippen molar-refractivity contribution in [3.8, 4) is 11.1 Å². The van der Waals surface area contributed by atoms with Gasteiger partial charge in [-0.1, -0.05) is 69.3 Å². The van der Waals surface area contributed by atoms with Gasteiger partial charge < -0.3 is 4.43 Å². The molecule has 0 aromatic heterocycles. The van der Waals surface area contributed by atoms with Crippen LogP contribution >= 0.6 is 0 Å². The van der Waals surface area contributed by atoms with Crippen LogP contribution in [0.4, 0.5) is 0 Å². The predicted molar refractivity (Wildman–Crippen MR) is 86.9 cm³/mol. The third-order valence-corrected chi connectivity index (χ3v) is 3.93. The van der Waals surface area contributed by atoms with E-state index in [2.05, 4.69) is 76.2 Å². The largest absolute Gasteiger partial charge is 0.413 e. The molecule has 0 aliphatic heterocycles. The first-order valence-electron chi connectivity index (χ1n) is 7.00. The minimum atomic E-state index is 0.233. The van der Waals surface area contributed by atoms with Crippen LogP contribution in [0.1, 0.15) is 31.9 Å². The molecule has 0 aliphatic carbocycles. The summed E-state index contributed by atoms with van der Waals surface area (Å²) in [7, 11) is 0.518. The van der Waals surface area contributed by atoms with Gasteiger partial charge in [-0.05, 0) is 34.2 Å². The quantitative estimate of drug-likeness (QED) is 0.716.